The number of nitrogens with two attached hydrogens (primary N) is 1. The number of nitrogens with one attached hydrogen (secondary N) is 1. The third-order valence-corrected chi connectivity index (χ3v) is 4.04. The Bertz CT molecular complexity index is 1010. The van der Waals surface area contributed by atoms with Crippen molar-refractivity contribution in [1.82, 2.24) is 14.8 Å². The van der Waals surface area contributed by atoms with E-state index >= 15 is 0 Å². The minimum atomic E-state index is -0.646. The van der Waals surface area contributed by atoms with Crippen molar-refractivity contribution in [3.05, 3.63) is 51.8 Å². The third kappa shape index (κ3) is 2.27. The predicted octanol–water partition coefficient (Wildman–Crippen LogP) is 1.59. The molecule has 0 bridgehead atoms. The van der Waals surface area contributed by atoms with Crippen LogP contribution in [0.25, 0.3) is 11.0 Å². The smallest absolute Gasteiger partial charge is 0.280 e. The fourth-order valence-electron chi connectivity index (χ4n) is 2.28. The van der Waals surface area contributed by atoms with Gasteiger partial charge >= 0.3 is 0 Å². The highest BCUT2D eigenvalue weighted by Crippen LogP contribution is 2.30. The fraction of sp³-hybridized carbons (Fsp3) is 0.0667. The number of nitrogens with zero attached hydrogens (tertiary/aromatic N) is 3. The summed E-state index contributed by atoms with van der Waals surface area (Å²) in [6, 6.07) is 10.3. The first-order valence-electron chi connectivity index (χ1n) is 6.56. The summed E-state index contributed by atoms with van der Waals surface area (Å²) in [5.74, 6) is -0.393. The van der Waals surface area contributed by atoms with Crippen LogP contribution in [0.3, 0.4) is 0 Å². The molecule has 0 amide bonds. The molecule has 3 N–H and O–H groups in total. The Morgan fingerprint density at radius 2 is 2.09 bits per heavy atom. The first-order chi connectivity index (χ1) is 11.1. The van der Waals surface area contributed by atoms with Crippen molar-refractivity contribution in [2.75, 3.05) is 12.0 Å². The van der Waals surface area contributed by atoms with Crippen LogP contribution >= 0.6 is 11.8 Å². The molecule has 0 fully saturated rings. The molecule has 0 atom stereocenters. The van der Waals surface area contributed by atoms with E-state index in [1.54, 1.807) is 42.7 Å². The lowest BCUT2D eigenvalue weighted by Crippen LogP contribution is -2.18. The van der Waals surface area contributed by atoms with E-state index in [2.05, 4.69) is 10.1 Å². The first kappa shape index (κ1) is 14.9. The number of thioether (sulfide) groups is 1. The Morgan fingerprint density at radius 3 is 2.70 bits per heavy atom. The van der Waals surface area contributed by atoms with Gasteiger partial charge in [-0.25, -0.2) is 0 Å². The highest BCUT2D eigenvalue weighted by Gasteiger charge is 2.22. The zero-order valence-electron chi connectivity index (χ0n) is 12.0. The van der Waals surface area contributed by atoms with Crippen LogP contribution in [0, 0.1) is 11.3 Å². The molecule has 3 rings (SSSR count). The Morgan fingerprint density at radius 1 is 1.39 bits per heavy atom. The van der Waals surface area contributed by atoms with E-state index in [-0.39, 0.29) is 16.9 Å². The van der Waals surface area contributed by atoms with E-state index in [9.17, 15) is 9.59 Å². The third-order valence-electron chi connectivity index (χ3n) is 3.37. The molecule has 0 aliphatic rings. The maximum atomic E-state index is 12.6. The lowest BCUT2D eigenvalue weighted by atomic mass is 10.2. The van der Waals surface area contributed by atoms with E-state index in [1.807, 2.05) is 0 Å². The van der Waals surface area contributed by atoms with E-state index < -0.39 is 11.5 Å². The predicted molar refractivity (Wildman–Crippen MR) is 87.4 cm³/mol. The van der Waals surface area contributed by atoms with Crippen molar-refractivity contribution in [2.45, 2.75) is 5.03 Å². The van der Waals surface area contributed by atoms with Gasteiger partial charge in [0.15, 0.2) is 5.65 Å². The van der Waals surface area contributed by atoms with Crippen molar-refractivity contribution >= 4 is 34.4 Å². The van der Waals surface area contributed by atoms with Crippen LogP contribution < -0.4 is 11.3 Å². The summed E-state index contributed by atoms with van der Waals surface area (Å²) in [6.45, 7) is 0. The number of rotatable bonds is 2. The molecule has 7 nitrogen and oxygen atoms in total. The summed E-state index contributed by atoms with van der Waals surface area (Å²) in [6.07, 6.45) is 1.77. The zero-order chi connectivity index (χ0) is 16.6. The highest BCUT2D eigenvalue weighted by atomic mass is 32.2. The first-order valence-corrected chi connectivity index (χ1v) is 7.79. The second kappa shape index (κ2) is 5.62. The molecule has 3 aromatic rings. The molecule has 23 heavy (non-hydrogen) atoms. The Kier molecular flexibility index (Phi) is 3.64. The van der Waals surface area contributed by atoms with Gasteiger partial charge < -0.3 is 10.7 Å². The summed E-state index contributed by atoms with van der Waals surface area (Å²) in [4.78, 5) is 27.1. The summed E-state index contributed by atoms with van der Waals surface area (Å²) in [7, 11) is 0. The maximum absolute atomic E-state index is 12.6. The minimum absolute atomic E-state index is 0.0303. The normalized spacial score (nSPS) is 10.6. The van der Waals surface area contributed by atoms with Crippen LogP contribution in [0.2, 0.25) is 0 Å². The Hall–Kier alpha value is -3.05. The van der Waals surface area contributed by atoms with Crippen molar-refractivity contribution in [3.8, 4) is 6.07 Å². The number of hydrogen-bond donors (Lipinski definition) is 2. The number of hydrogen-bond acceptors (Lipinski definition) is 6. The Labute approximate surface area is 134 Å². The molecule has 0 saturated carbocycles. The Balaban J connectivity index is 2.34. The molecule has 0 saturated heterocycles. The minimum Gasteiger partial charge on any atom is -0.397 e. The van der Waals surface area contributed by atoms with E-state index in [1.165, 1.54) is 11.8 Å². The van der Waals surface area contributed by atoms with Crippen LogP contribution in [0.1, 0.15) is 15.9 Å². The number of carbonyl (C=O) groups excluding carboxylic acids is 1. The lowest BCUT2D eigenvalue weighted by Gasteiger charge is -2.03. The lowest BCUT2D eigenvalue weighted by molar-refractivity contribution is 0.0948. The van der Waals surface area contributed by atoms with Gasteiger partial charge in [-0.15, -0.1) is 11.8 Å². The van der Waals surface area contributed by atoms with Crippen molar-refractivity contribution < 1.29 is 4.79 Å². The summed E-state index contributed by atoms with van der Waals surface area (Å²) < 4.78 is 1.11. The highest BCUT2D eigenvalue weighted by molar-refractivity contribution is 7.98. The van der Waals surface area contributed by atoms with Crippen LogP contribution in [0.15, 0.2) is 40.2 Å². The zero-order valence-corrected chi connectivity index (χ0v) is 12.8. The van der Waals surface area contributed by atoms with Crippen molar-refractivity contribution in [3.63, 3.8) is 0 Å². The number of nitriles is 1. The van der Waals surface area contributed by atoms with Gasteiger partial charge in [0.1, 0.15) is 16.7 Å². The molecule has 1 aromatic carbocycles. The van der Waals surface area contributed by atoms with Gasteiger partial charge in [-0.3, -0.25) is 9.59 Å². The number of fused-ring (bicyclic) bond motifs is 1. The van der Waals surface area contributed by atoms with Crippen LogP contribution in [-0.4, -0.2) is 26.9 Å². The molecule has 114 valence electrons. The number of pyridine rings is 1. The standard InChI is InChI=1S/C15H11N5O2S/c1-23-14-10-11(17)9(7-16)13(21)18-12(10)20(19-14)15(22)8-5-3-2-4-6-8/h2-6H,1H3,(H3,17,18,21). The van der Waals surface area contributed by atoms with Crippen LogP contribution in [0.4, 0.5) is 5.69 Å². The summed E-state index contributed by atoms with van der Waals surface area (Å²) in [5.41, 5.74) is 5.75. The number of benzene rings is 1. The van der Waals surface area contributed by atoms with Gasteiger partial charge in [0.25, 0.3) is 11.5 Å². The summed E-state index contributed by atoms with van der Waals surface area (Å²) in [5, 5.41) is 14.2. The second-order valence-corrected chi connectivity index (χ2v) is 5.47. The van der Waals surface area contributed by atoms with Gasteiger partial charge in [0, 0.05) is 5.56 Å². The molecule has 8 heteroatoms. The molecule has 0 aliphatic carbocycles. The molecular weight excluding hydrogens is 314 g/mol. The fourth-order valence-corrected chi connectivity index (χ4v) is 2.85. The van der Waals surface area contributed by atoms with Crippen LogP contribution in [0.5, 0.6) is 0 Å². The van der Waals surface area contributed by atoms with Gasteiger partial charge in [-0.2, -0.15) is 15.0 Å². The molecule has 2 heterocycles. The largest absolute Gasteiger partial charge is 0.397 e. The number of carbonyl (C=O) groups is 1. The molecule has 2 aromatic heterocycles. The maximum Gasteiger partial charge on any atom is 0.280 e. The average molecular weight is 325 g/mol. The molecule has 0 unspecified atom stereocenters. The average Bonchev–Trinajstić information content (AvgIpc) is 2.94. The number of H-pyrrole nitrogens is 1. The van der Waals surface area contributed by atoms with E-state index in [4.69, 9.17) is 11.0 Å². The van der Waals surface area contributed by atoms with Crippen molar-refractivity contribution in [2.24, 2.45) is 0 Å². The SMILES string of the molecule is CSc1nn(C(=O)c2ccccc2)c2[nH]c(=O)c(C#N)c(N)c12. The quantitative estimate of drug-likeness (QED) is 0.691. The van der Waals surface area contributed by atoms with Crippen molar-refractivity contribution in [1.29, 1.82) is 5.26 Å². The van der Waals surface area contributed by atoms with Crippen LogP contribution in [-0.2, 0) is 0 Å². The monoisotopic (exact) mass is 325 g/mol. The molecule has 0 radical (unpaired) electrons. The number of aromatic amines is 1. The van der Waals surface area contributed by atoms with Gasteiger partial charge in [-0.05, 0) is 18.4 Å². The number of nitrogen functional groups attached to an aromatic ring is 1. The summed E-state index contributed by atoms with van der Waals surface area (Å²) >= 11 is 1.28. The molecular formula is C15H11N5O2S. The topological polar surface area (TPSA) is 118 Å². The van der Waals surface area contributed by atoms with Gasteiger partial charge in [0.05, 0.1) is 11.1 Å². The van der Waals surface area contributed by atoms with E-state index in [0.29, 0.717) is 16.0 Å². The molecule has 0 aliphatic heterocycles. The number of aromatic nitrogens is 3. The molecule has 0 spiro atoms. The second-order valence-electron chi connectivity index (χ2n) is 4.67. The number of anilines is 1. The van der Waals surface area contributed by atoms with E-state index in [0.717, 1.165) is 4.68 Å². The van der Waals surface area contributed by atoms with Gasteiger partial charge in [-0.1, -0.05) is 18.2 Å². The van der Waals surface area contributed by atoms with Gasteiger partial charge in [0.2, 0.25) is 0 Å².